The van der Waals surface area contributed by atoms with E-state index < -0.39 is 0 Å². The van der Waals surface area contributed by atoms with Gasteiger partial charge in [-0.25, -0.2) is 4.98 Å². The Bertz CT molecular complexity index is 1110. The summed E-state index contributed by atoms with van der Waals surface area (Å²) in [5, 5.41) is 0. The number of fused-ring (bicyclic) bond motifs is 1. The molecule has 1 heterocycles. The van der Waals surface area contributed by atoms with Crippen molar-refractivity contribution >= 4 is 11.0 Å². The minimum Gasteiger partial charge on any atom is -0.492 e. The Morgan fingerprint density at radius 1 is 0.867 bits per heavy atom. The first kappa shape index (κ1) is 20.0. The van der Waals surface area contributed by atoms with Crippen molar-refractivity contribution in [2.24, 2.45) is 0 Å². The third kappa shape index (κ3) is 4.48. The highest BCUT2D eigenvalue weighted by Crippen LogP contribution is 2.22. The van der Waals surface area contributed by atoms with Crippen LogP contribution in [0, 0.1) is 6.92 Å². The van der Waals surface area contributed by atoms with Crippen LogP contribution in [0.1, 0.15) is 36.7 Å². The summed E-state index contributed by atoms with van der Waals surface area (Å²) in [4.78, 5) is 4.80. The van der Waals surface area contributed by atoms with Gasteiger partial charge in [0.1, 0.15) is 30.5 Å². The van der Waals surface area contributed by atoms with Crippen LogP contribution in [0.3, 0.4) is 0 Å². The standard InChI is InChI=1S/C26H28N2O2/c1-19(2)21-12-14-22(15-13-21)29-17-16-28-24-10-6-5-9-23(24)27-26(28)18-30-25-11-7-4-8-20(25)3/h4-15,19H,16-18H2,1-3H3. The number of hydrogen-bond donors (Lipinski definition) is 0. The van der Waals surface area contributed by atoms with Gasteiger partial charge in [0.2, 0.25) is 0 Å². The number of hydrogen-bond acceptors (Lipinski definition) is 3. The Labute approximate surface area is 178 Å². The molecule has 0 atom stereocenters. The maximum atomic E-state index is 6.07. The van der Waals surface area contributed by atoms with E-state index in [1.54, 1.807) is 0 Å². The number of ether oxygens (including phenoxy) is 2. The van der Waals surface area contributed by atoms with E-state index in [0.717, 1.165) is 33.9 Å². The van der Waals surface area contributed by atoms with Crippen LogP contribution in [0.2, 0.25) is 0 Å². The van der Waals surface area contributed by atoms with Gasteiger partial charge in [0.15, 0.2) is 0 Å². The van der Waals surface area contributed by atoms with Crippen molar-refractivity contribution in [2.75, 3.05) is 6.61 Å². The molecule has 0 aliphatic heterocycles. The molecule has 0 radical (unpaired) electrons. The maximum absolute atomic E-state index is 6.07. The van der Waals surface area contributed by atoms with Gasteiger partial charge in [-0.05, 0) is 54.3 Å². The summed E-state index contributed by atoms with van der Waals surface area (Å²) < 4.78 is 14.3. The Morgan fingerprint density at radius 2 is 1.60 bits per heavy atom. The highest BCUT2D eigenvalue weighted by Gasteiger charge is 2.12. The van der Waals surface area contributed by atoms with Gasteiger partial charge in [-0.15, -0.1) is 0 Å². The first-order valence-corrected chi connectivity index (χ1v) is 10.5. The van der Waals surface area contributed by atoms with E-state index in [1.165, 1.54) is 5.56 Å². The topological polar surface area (TPSA) is 36.3 Å². The van der Waals surface area contributed by atoms with Crippen LogP contribution in [0.15, 0.2) is 72.8 Å². The predicted octanol–water partition coefficient (Wildman–Crippen LogP) is 6.13. The largest absolute Gasteiger partial charge is 0.492 e. The zero-order chi connectivity index (χ0) is 20.9. The average molecular weight is 401 g/mol. The molecule has 3 aromatic carbocycles. The molecule has 0 aliphatic carbocycles. The van der Waals surface area contributed by atoms with E-state index >= 15 is 0 Å². The first-order valence-electron chi connectivity index (χ1n) is 10.5. The molecule has 0 saturated carbocycles. The third-order valence-electron chi connectivity index (χ3n) is 5.31. The fourth-order valence-corrected chi connectivity index (χ4v) is 3.55. The number of para-hydroxylation sites is 3. The molecule has 0 saturated heterocycles. The molecule has 4 nitrogen and oxygen atoms in total. The van der Waals surface area contributed by atoms with Gasteiger partial charge in [0, 0.05) is 0 Å². The first-order chi connectivity index (χ1) is 14.6. The quantitative estimate of drug-likeness (QED) is 0.357. The molecule has 0 fully saturated rings. The van der Waals surface area contributed by atoms with E-state index in [1.807, 2.05) is 48.5 Å². The van der Waals surface area contributed by atoms with Gasteiger partial charge in [-0.3, -0.25) is 0 Å². The van der Waals surface area contributed by atoms with Crippen LogP contribution in [0.25, 0.3) is 11.0 Å². The van der Waals surface area contributed by atoms with E-state index in [2.05, 4.69) is 49.6 Å². The molecule has 1 aromatic heterocycles. The maximum Gasteiger partial charge on any atom is 0.148 e. The number of aromatic nitrogens is 2. The van der Waals surface area contributed by atoms with Crippen LogP contribution >= 0.6 is 0 Å². The summed E-state index contributed by atoms with van der Waals surface area (Å²) >= 11 is 0. The molecule has 4 heteroatoms. The van der Waals surface area contributed by atoms with Crippen molar-refractivity contribution in [1.29, 1.82) is 0 Å². The molecular weight excluding hydrogens is 372 g/mol. The summed E-state index contributed by atoms with van der Waals surface area (Å²) in [6, 6.07) is 24.6. The van der Waals surface area contributed by atoms with Gasteiger partial charge in [0.25, 0.3) is 0 Å². The molecule has 0 bridgehead atoms. The molecule has 30 heavy (non-hydrogen) atoms. The summed E-state index contributed by atoms with van der Waals surface area (Å²) in [7, 11) is 0. The van der Waals surface area contributed by atoms with Crippen molar-refractivity contribution in [2.45, 2.75) is 39.8 Å². The van der Waals surface area contributed by atoms with E-state index in [-0.39, 0.29) is 0 Å². The zero-order valence-electron chi connectivity index (χ0n) is 17.8. The van der Waals surface area contributed by atoms with Crippen molar-refractivity contribution < 1.29 is 9.47 Å². The zero-order valence-corrected chi connectivity index (χ0v) is 17.8. The predicted molar refractivity (Wildman–Crippen MR) is 121 cm³/mol. The Balaban J connectivity index is 1.48. The number of aryl methyl sites for hydroxylation is 1. The van der Waals surface area contributed by atoms with Crippen molar-refractivity contribution in [1.82, 2.24) is 9.55 Å². The molecular formula is C26H28N2O2. The van der Waals surface area contributed by atoms with Gasteiger partial charge < -0.3 is 14.0 Å². The van der Waals surface area contributed by atoms with Gasteiger partial charge in [0.05, 0.1) is 17.6 Å². The fraction of sp³-hybridized carbons (Fsp3) is 0.269. The molecule has 4 rings (SSSR count). The average Bonchev–Trinajstić information content (AvgIpc) is 3.11. The smallest absolute Gasteiger partial charge is 0.148 e. The Morgan fingerprint density at radius 3 is 2.37 bits per heavy atom. The summed E-state index contributed by atoms with van der Waals surface area (Å²) in [6.45, 7) is 8.14. The van der Waals surface area contributed by atoms with Gasteiger partial charge in [-0.1, -0.05) is 56.3 Å². The number of imidazole rings is 1. The lowest BCUT2D eigenvalue weighted by Gasteiger charge is -2.13. The molecule has 0 aliphatic rings. The van der Waals surface area contributed by atoms with Crippen molar-refractivity contribution in [3.05, 3.63) is 89.7 Å². The molecule has 4 aromatic rings. The highest BCUT2D eigenvalue weighted by atomic mass is 16.5. The summed E-state index contributed by atoms with van der Waals surface area (Å²) in [5.41, 5.74) is 4.51. The third-order valence-corrected chi connectivity index (χ3v) is 5.31. The van der Waals surface area contributed by atoms with Crippen molar-refractivity contribution in [3.8, 4) is 11.5 Å². The second-order valence-corrected chi connectivity index (χ2v) is 7.79. The lowest BCUT2D eigenvalue weighted by atomic mass is 10.0. The van der Waals surface area contributed by atoms with E-state index in [9.17, 15) is 0 Å². The second-order valence-electron chi connectivity index (χ2n) is 7.79. The monoisotopic (exact) mass is 400 g/mol. The minimum atomic E-state index is 0.419. The second kappa shape index (κ2) is 9.04. The molecule has 0 amide bonds. The Hall–Kier alpha value is -3.27. The molecule has 0 spiro atoms. The minimum absolute atomic E-state index is 0.419. The van der Waals surface area contributed by atoms with Crippen molar-refractivity contribution in [3.63, 3.8) is 0 Å². The molecule has 154 valence electrons. The van der Waals surface area contributed by atoms with E-state index in [0.29, 0.717) is 25.7 Å². The fourth-order valence-electron chi connectivity index (χ4n) is 3.55. The Kier molecular flexibility index (Phi) is 6.03. The van der Waals surface area contributed by atoms with Gasteiger partial charge in [-0.2, -0.15) is 0 Å². The van der Waals surface area contributed by atoms with E-state index in [4.69, 9.17) is 14.5 Å². The number of nitrogens with zero attached hydrogens (tertiary/aromatic N) is 2. The van der Waals surface area contributed by atoms with Crippen LogP contribution in [0.5, 0.6) is 11.5 Å². The van der Waals surface area contributed by atoms with Crippen LogP contribution in [0.4, 0.5) is 0 Å². The molecule has 0 unspecified atom stereocenters. The molecule has 0 N–H and O–H groups in total. The lowest BCUT2D eigenvalue weighted by Crippen LogP contribution is -2.13. The lowest BCUT2D eigenvalue weighted by molar-refractivity contribution is 0.271. The summed E-state index contributed by atoms with van der Waals surface area (Å²) in [5.74, 6) is 3.20. The number of benzene rings is 3. The van der Waals surface area contributed by atoms with Gasteiger partial charge >= 0.3 is 0 Å². The normalized spacial score (nSPS) is 11.2. The van der Waals surface area contributed by atoms with Crippen LogP contribution in [-0.4, -0.2) is 16.2 Å². The SMILES string of the molecule is Cc1ccccc1OCc1nc2ccccc2n1CCOc1ccc(C(C)C)cc1. The summed E-state index contributed by atoms with van der Waals surface area (Å²) in [6.07, 6.45) is 0. The van der Waals surface area contributed by atoms with Crippen LogP contribution in [-0.2, 0) is 13.2 Å². The van der Waals surface area contributed by atoms with Crippen LogP contribution < -0.4 is 9.47 Å². The number of rotatable bonds is 8. The highest BCUT2D eigenvalue weighted by molar-refractivity contribution is 5.75.